The summed E-state index contributed by atoms with van der Waals surface area (Å²) in [4.78, 5) is 26.0. The molecule has 0 fully saturated rings. The first-order valence-electron chi connectivity index (χ1n) is 11.4. The number of likely N-dealkylation sites (N-methyl/N-ethyl adjacent to an activating group) is 1. The fourth-order valence-electron chi connectivity index (χ4n) is 3.53. The number of aromatic nitrogens is 1. The van der Waals surface area contributed by atoms with Crippen LogP contribution in [-0.4, -0.2) is 54.2 Å². The minimum Gasteiger partial charge on any atom is -0.447 e. The maximum absolute atomic E-state index is 14.1. The SMILES string of the molecule is C.CN(C(=O)CCc1cccc(F)c1Cl)[C@H](COC(=O)Nc1cc(-c2cccc(F)c2)no1)CC(F)(F)CN. The second kappa shape index (κ2) is 13.9. The molecule has 2 amide bonds. The van der Waals surface area contributed by atoms with Crippen LogP contribution < -0.4 is 11.1 Å². The third kappa shape index (κ3) is 8.96. The Morgan fingerprint density at radius 1 is 1.21 bits per heavy atom. The number of alkyl halides is 2. The summed E-state index contributed by atoms with van der Waals surface area (Å²) >= 11 is 5.91. The van der Waals surface area contributed by atoms with Crippen molar-refractivity contribution in [3.05, 3.63) is 70.8 Å². The Kier molecular flexibility index (Phi) is 11.3. The average molecular weight is 573 g/mol. The van der Waals surface area contributed by atoms with Gasteiger partial charge in [0.05, 0.1) is 17.6 Å². The van der Waals surface area contributed by atoms with E-state index in [0.29, 0.717) is 11.1 Å². The molecule has 2 aromatic carbocycles. The zero-order chi connectivity index (χ0) is 27.9. The van der Waals surface area contributed by atoms with Crippen LogP contribution >= 0.6 is 11.6 Å². The van der Waals surface area contributed by atoms with E-state index in [1.165, 1.54) is 43.4 Å². The number of benzene rings is 2. The number of amides is 2. The lowest BCUT2D eigenvalue weighted by Crippen LogP contribution is -2.46. The van der Waals surface area contributed by atoms with E-state index >= 15 is 0 Å². The van der Waals surface area contributed by atoms with Gasteiger partial charge >= 0.3 is 6.09 Å². The van der Waals surface area contributed by atoms with Gasteiger partial charge in [-0.3, -0.25) is 10.1 Å². The van der Waals surface area contributed by atoms with Gasteiger partial charge in [-0.2, -0.15) is 0 Å². The molecule has 3 N–H and O–H groups in total. The van der Waals surface area contributed by atoms with E-state index in [4.69, 9.17) is 26.6 Å². The molecular weight excluding hydrogens is 544 g/mol. The molecule has 0 spiro atoms. The molecule has 0 aliphatic heterocycles. The van der Waals surface area contributed by atoms with Gasteiger partial charge in [0.2, 0.25) is 11.8 Å². The summed E-state index contributed by atoms with van der Waals surface area (Å²) in [6.45, 7) is -1.56. The first kappa shape index (κ1) is 31.6. The van der Waals surface area contributed by atoms with Crippen LogP contribution in [0.1, 0.15) is 25.8 Å². The van der Waals surface area contributed by atoms with Gasteiger partial charge in [-0.1, -0.05) is 48.4 Å². The topological polar surface area (TPSA) is 111 Å². The van der Waals surface area contributed by atoms with E-state index in [1.807, 2.05) is 0 Å². The summed E-state index contributed by atoms with van der Waals surface area (Å²) in [6, 6.07) is 9.79. The fraction of sp³-hybridized carbons (Fsp3) is 0.346. The number of aryl methyl sites for hydroxylation is 1. The van der Waals surface area contributed by atoms with Gasteiger partial charge in [-0.15, -0.1) is 0 Å². The molecule has 0 aliphatic carbocycles. The molecule has 3 aromatic rings. The predicted octanol–water partition coefficient (Wildman–Crippen LogP) is 5.90. The lowest BCUT2D eigenvalue weighted by Gasteiger charge is -2.30. The van der Waals surface area contributed by atoms with Crippen molar-refractivity contribution in [1.82, 2.24) is 10.1 Å². The van der Waals surface area contributed by atoms with Gasteiger partial charge in [0.25, 0.3) is 5.92 Å². The summed E-state index contributed by atoms with van der Waals surface area (Å²) in [7, 11) is 1.29. The zero-order valence-corrected chi connectivity index (χ0v) is 21.0. The highest BCUT2D eigenvalue weighted by Crippen LogP contribution is 2.25. The standard InChI is InChI=1S/C25H25ClF4N4O4.CH4/c1-34(22(35)9-8-15-4-3-7-19(28)23(15)26)18(12-25(29,30)14-31)13-37-24(36)32-21-11-20(33-38-21)16-5-2-6-17(27)10-16;/h2-7,10-11,18H,8-9,12-14,31H2,1H3,(H,32,36);1H4/t18-;/m0./s1. The first-order valence-corrected chi connectivity index (χ1v) is 11.8. The molecule has 39 heavy (non-hydrogen) atoms. The number of hydrogen-bond acceptors (Lipinski definition) is 6. The summed E-state index contributed by atoms with van der Waals surface area (Å²) in [5.74, 6) is -5.15. The van der Waals surface area contributed by atoms with E-state index in [1.54, 1.807) is 12.1 Å². The smallest absolute Gasteiger partial charge is 0.414 e. The van der Waals surface area contributed by atoms with E-state index in [0.717, 1.165) is 4.90 Å². The van der Waals surface area contributed by atoms with Crippen molar-refractivity contribution < 1.29 is 36.4 Å². The molecule has 0 saturated carbocycles. The molecule has 13 heteroatoms. The van der Waals surface area contributed by atoms with E-state index < -0.39 is 55.2 Å². The predicted molar refractivity (Wildman–Crippen MR) is 139 cm³/mol. The van der Waals surface area contributed by atoms with Crippen LogP contribution in [0.15, 0.2) is 53.1 Å². The lowest BCUT2D eigenvalue weighted by molar-refractivity contribution is -0.134. The highest BCUT2D eigenvalue weighted by molar-refractivity contribution is 6.31. The van der Waals surface area contributed by atoms with Crippen molar-refractivity contribution in [2.24, 2.45) is 5.73 Å². The van der Waals surface area contributed by atoms with Gasteiger partial charge in [0.1, 0.15) is 23.9 Å². The number of halogens is 5. The Balaban J connectivity index is 0.00000533. The monoisotopic (exact) mass is 572 g/mol. The van der Waals surface area contributed by atoms with Crippen LogP contribution in [0.2, 0.25) is 5.02 Å². The summed E-state index contributed by atoms with van der Waals surface area (Å²) in [5, 5.41) is 5.87. The highest BCUT2D eigenvalue weighted by atomic mass is 35.5. The number of hydrogen-bond donors (Lipinski definition) is 2. The molecule has 1 aromatic heterocycles. The van der Waals surface area contributed by atoms with Gasteiger partial charge in [-0.25, -0.2) is 22.4 Å². The normalized spacial score (nSPS) is 11.9. The minimum atomic E-state index is -3.34. The molecule has 0 unspecified atom stereocenters. The summed E-state index contributed by atoms with van der Waals surface area (Å²) in [6.07, 6.45) is -2.01. The Hall–Kier alpha value is -3.64. The van der Waals surface area contributed by atoms with Gasteiger partial charge < -0.3 is 19.9 Å². The van der Waals surface area contributed by atoms with Crippen molar-refractivity contribution >= 4 is 29.5 Å². The number of nitrogens with two attached hydrogens (primary N) is 1. The fourth-order valence-corrected chi connectivity index (χ4v) is 3.75. The van der Waals surface area contributed by atoms with E-state index in [2.05, 4.69) is 10.5 Å². The van der Waals surface area contributed by atoms with Crippen LogP contribution in [0, 0.1) is 11.6 Å². The summed E-state index contributed by atoms with van der Waals surface area (Å²) < 4.78 is 65.3. The number of nitrogens with zero attached hydrogens (tertiary/aromatic N) is 2. The molecule has 8 nitrogen and oxygen atoms in total. The molecule has 1 atom stereocenters. The van der Waals surface area contributed by atoms with Crippen molar-refractivity contribution in [3.8, 4) is 11.3 Å². The second-order valence-electron chi connectivity index (χ2n) is 8.45. The first-order chi connectivity index (χ1) is 18.0. The van der Waals surface area contributed by atoms with Crippen LogP contribution in [-0.2, 0) is 16.0 Å². The van der Waals surface area contributed by atoms with Gasteiger partial charge in [0.15, 0.2) is 0 Å². The Morgan fingerprint density at radius 2 is 1.92 bits per heavy atom. The van der Waals surface area contributed by atoms with E-state index in [-0.39, 0.29) is 36.9 Å². The van der Waals surface area contributed by atoms with E-state index in [9.17, 15) is 27.2 Å². The molecule has 212 valence electrons. The Labute approximate surface area is 228 Å². The largest absolute Gasteiger partial charge is 0.447 e. The summed E-state index contributed by atoms with van der Waals surface area (Å²) in [5.41, 5.74) is 6.18. The number of ether oxygens (including phenoxy) is 1. The second-order valence-corrected chi connectivity index (χ2v) is 8.82. The van der Waals surface area contributed by atoms with Crippen molar-refractivity contribution in [3.63, 3.8) is 0 Å². The van der Waals surface area contributed by atoms with Gasteiger partial charge in [0, 0.05) is 31.5 Å². The number of carbonyl (C=O) groups excluding carboxylic acids is 2. The molecule has 0 saturated heterocycles. The third-order valence-corrected chi connectivity index (χ3v) is 6.10. The number of rotatable bonds is 11. The molecule has 0 bridgehead atoms. The Morgan fingerprint density at radius 3 is 2.62 bits per heavy atom. The average Bonchev–Trinajstić information content (AvgIpc) is 3.35. The van der Waals surface area contributed by atoms with Crippen LogP contribution in [0.5, 0.6) is 0 Å². The molecule has 3 rings (SSSR count). The number of anilines is 1. The third-order valence-electron chi connectivity index (χ3n) is 5.68. The molecule has 0 radical (unpaired) electrons. The maximum Gasteiger partial charge on any atom is 0.414 e. The highest BCUT2D eigenvalue weighted by Gasteiger charge is 2.35. The maximum atomic E-state index is 14.1. The van der Waals surface area contributed by atoms with Crippen LogP contribution in [0.4, 0.5) is 28.2 Å². The molecule has 1 heterocycles. The number of nitrogens with one attached hydrogen (secondary N) is 1. The van der Waals surface area contributed by atoms with Crippen LogP contribution in [0.3, 0.4) is 0 Å². The van der Waals surface area contributed by atoms with Gasteiger partial charge in [-0.05, 0) is 30.2 Å². The minimum absolute atomic E-state index is 0. The molecular formula is C26H29ClF4N4O4. The van der Waals surface area contributed by atoms with Crippen molar-refractivity contribution in [1.29, 1.82) is 0 Å². The van der Waals surface area contributed by atoms with Crippen molar-refractivity contribution in [2.75, 3.05) is 25.5 Å². The number of carbonyl (C=O) groups is 2. The van der Waals surface area contributed by atoms with Crippen LogP contribution in [0.25, 0.3) is 11.3 Å². The zero-order valence-electron chi connectivity index (χ0n) is 20.2. The van der Waals surface area contributed by atoms with Crippen molar-refractivity contribution in [2.45, 2.75) is 38.7 Å². The molecule has 0 aliphatic rings. The quantitative estimate of drug-likeness (QED) is 0.277. The Bertz CT molecular complexity index is 1270. The lowest BCUT2D eigenvalue weighted by atomic mass is 10.1.